The van der Waals surface area contributed by atoms with Gasteiger partial charge in [-0.3, -0.25) is 0 Å². The molecule has 4 heteroatoms. The normalized spacial score (nSPS) is 15.2. The number of nitrogens with one attached hydrogen (secondary N) is 1. The average Bonchev–Trinajstić information content (AvgIpc) is 3.59. The molecule has 2 aliphatic rings. The quantitative estimate of drug-likeness (QED) is 0.256. The summed E-state index contributed by atoms with van der Waals surface area (Å²) in [5, 5.41) is 15.1. The van der Waals surface area contributed by atoms with E-state index in [0.717, 1.165) is 66.7 Å². The molecule has 0 fully saturated rings. The van der Waals surface area contributed by atoms with Crippen molar-refractivity contribution in [2.75, 3.05) is 10.2 Å². The Bertz CT molecular complexity index is 2040. The number of nitriles is 1. The second-order valence-corrected chi connectivity index (χ2v) is 10.2. The fraction of sp³-hybridized carbons (Fsp3) is 0.0278. The van der Waals surface area contributed by atoms with Gasteiger partial charge in [0.25, 0.3) is 0 Å². The van der Waals surface area contributed by atoms with E-state index in [-0.39, 0.29) is 6.17 Å². The lowest BCUT2D eigenvalue weighted by Gasteiger charge is -2.22. The van der Waals surface area contributed by atoms with Crippen molar-refractivity contribution < 1.29 is 4.42 Å². The zero-order valence-corrected chi connectivity index (χ0v) is 21.5. The first kappa shape index (κ1) is 22.5. The van der Waals surface area contributed by atoms with Crippen LogP contribution in [0.1, 0.15) is 5.56 Å². The molecule has 1 atom stereocenters. The third-order valence-corrected chi connectivity index (χ3v) is 7.89. The molecule has 3 heterocycles. The van der Waals surface area contributed by atoms with Crippen LogP contribution >= 0.6 is 0 Å². The average molecular weight is 514 g/mol. The van der Waals surface area contributed by atoms with Crippen LogP contribution in [-0.2, 0) is 0 Å². The number of rotatable bonds is 3. The molecule has 5 aromatic carbocycles. The Labute approximate surface area is 231 Å². The summed E-state index contributed by atoms with van der Waals surface area (Å²) in [6.07, 6.45) is 8.58. The summed E-state index contributed by atoms with van der Waals surface area (Å²) in [4.78, 5) is 2.29. The van der Waals surface area contributed by atoms with Crippen molar-refractivity contribution in [3.8, 4) is 39.4 Å². The molecule has 188 valence electrons. The zero-order valence-electron chi connectivity index (χ0n) is 21.5. The van der Waals surface area contributed by atoms with Crippen LogP contribution in [0.25, 0.3) is 55.3 Å². The fourth-order valence-electron chi connectivity index (χ4n) is 5.86. The molecule has 0 saturated carbocycles. The summed E-state index contributed by atoms with van der Waals surface area (Å²) in [6, 6.07) is 37.8. The molecule has 1 N–H and O–H groups in total. The number of hydrogen-bond acceptors (Lipinski definition) is 4. The number of para-hydroxylation sites is 1. The first-order chi connectivity index (χ1) is 19.7. The van der Waals surface area contributed by atoms with Gasteiger partial charge < -0.3 is 14.6 Å². The lowest BCUT2D eigenvalue weighted by Crippen LogP contribution is -2.30. The van der Waals surface area contributed by atoms with E-state index in [1.807, 2.05) is 36.4 Å². The van der Waals surface area contributed by atoms with Gasteiger partial charge in [0.1, 0.15) is 17.3 Å². The number of hydrogen-bond donors (Lipinski definition) is 1. The lowest BCUT2D eigenvalue weighted by atomic mass is 9.94. The molecule has 2 aliphatic heterocycles. The highest BCUT2D eigenvalue weighted by Gasteiger charge is 2.30. The highest BCUT2D eigenvalue weighted by atomic mass is 16.3. The van der Waals surface area contributed by atoms with Crippen LogP contribution in [0.2, 0.25) is 0 Å². The van der Waals surface area contributed by atoms with E-state index >= 15 is 0 Å². The minimum atomic E-state index is 0.0891. The van der Waals surface area contributed by atoms with Gasteiger partial charge in [0.2, 0.25) is 0 Å². The largest absolute Gasteiger partial charge is 0.456 e. The minimum absolute atomic E-state index is 0.0891. The summed E-state index contributed by atoms with van der Waals surface area (Å²) in [5.74, 6) is 0. The molecule has 4 nitrogen and oxygen atoms in total. The van der Waals surface area contributed by atoms with Crippen molar-refractivity contribution in [3.05, 3.63) is 133 Å². The van der Waals surface area contributed by atoms with Crippen LogP contribution in [0.5, 0.6) is 0 Å². The fourth-order valence-corrected chi connectivity index (χ4v) is 5.86. The van der Waals surface area contributed by atoms with Gasteiger partial charge in [-0.25, -0.2) is 0 Å². The van der Waals surface area contributed by atoms with E-state index in [2.05, 4.69) is 107 Å². The molecule has 40 heavy (non-hydrogen) atoms. The van der Waals surface area contributed by atoms with Gasteiger partial charge in [-0.15, -0.1) is 0 Å². The maximum absolute atomic E-state index is 9.12. The zero-order chi connectivity index (χ0) is 26.6. The number of furan rings is 1. The molecule has 0 bridgehead atoms. The molecule has 1 aromatic heterocycles. The van der Waals surface area contributed by atoms with Gasteiger partial charge in [-0.2, -0.15) is 5.26 Å². The third-order valence-electron chi connectivity index (χ3n) is 7.89. The van der Waals surface area contributed by atoms with Crippen LogP contribution in [0.4, 0.5) is 11.4 Å². The number of nitrogens with zero attached hydrogens (tertiary/aromatic N) is 2. The van der Waals surface area contributed by atoms with Gasteiger partial charge in [0.05, 0.1) is 23.0 Å². The SMILES string of the molecule is N#Cc1ccc(-c2ccc(-c3cc(-c4ccc5oc6ccccc6c5c4)c4c(c3)N3C=CC=CC3N4)cc2)cc1. The lowest BCUT2D eigenvalue weighted by molar-refractivity contribution is 0.669. The highest BCUT2D eigenvalue weighted by Crippen LogP contribution is 2.47. The van der Waals surface area contributed by atoms with Gasteiger partial charge >= 0.3 is 0 Å². The second kappa shape index (κ2) is 8.76. The molecular weight excluding hydrogens is 490 g/mol. The molecule has 0 radical (unpaired) electrons. The van der Waals surface area contributed by atoms with E-state index < -0.39 is 0 Å². The van der Waals surface area contributed by atoms with Crippen LogP contribution in [0, 0.1) is 11.3 Å². The smallest absolute Gasteiger partial charge is 0.135 e. The summed E-state index contributed by atoms with van der Waals surface area (Å²) in [6.45, 7) is 0. The van der Waals surface area contributed by atoms with Gasteiger partial charge in [0, 0.05) is 22.5 Å². The molecule has 0 saturated heterocycles. The summed E-state index contributed by atoms with van der Waals surface area (Å²) >= 11 is 0. The van der Waals surface area contributed by atoms with Crippen LogP contribution in [0.3, 0.4) is 0 Å². The number of fused-ring (bicyclic) bond motifs is 6. The Balaban J connectivity index is 1.27. The van der Waals surface area contributed by atoms with Gasteiger partial charge in [-0.1, -0.05) is 66.7 Å². The Morgan fingerprint density at radius 2 is 1.38 bits per heavy atom. The molecule has 0 aliphatic carbocycles. The van der Waals surface area contributed by atoms with Crippen molar-refractivity contribution in [2.24, 2.45) is 0 Å². The summed E-state index contributed by atoms with van der Waals surface area (Å²) in [7, 11) is 0. The summed E-state index contributed by atoms with van der Waals surface area (Å²) < 4.78 is 6.11. The van der Waals surface area contributed by atoms with Crippen molar-refractivity contribution >= 4 is 33.3 Å². The maximum Gasteiger partial charge on any atom is 0.135 e. The topological polar surface area (TPSA) is 52.2 Å². The standard InChI is InChI=1S/C36H23N3O/c37-22-23-8-10-24(11-9-23)25-12-14-26(15-13-25)28-20-30(36-32(21-28)39-18-4-3-7-35(39)38-36)27-16-17-34-31(19-27)29-5-1-2-6-33(29)40-34/h1-21,35,38H. The molecule has 8 rings (SSSR count). The number of benzene rings is 5. The number of anilines is 2. The Morgan fingerprint density at radius 1 is 0.675 bits per heavy atom. The first-order valence-electron chi connectivity index (χ1n) is 13.4. The predicted molar refractivity (Wildman–Crippen MR) is 163 cm³/mol. The molecular formula is C36H23N3O. The maximum atomic E-state index is 9.12. The van der Waals surface area contributed by atoms with E-state index in [1.54, 1.807) is 0 Å². The Kier molecular flexibility index (Phi) is 4.92. The highest BCUT2D eigenvalue weighted by molar-refractivity contribution is 6.07. The molecule has 6 aromatic rings. The van der Waals surface area contributed by atoms with E-state index in [1.165, 1.54) is 0 Å². The van der Waals surface area contributed by atoms with Gasteiger partial charge in [0.15, 0.2) is 0 Å². The molecule has 1 unspecified atom stereocenters. The first-order valence-corrected chi connectivity index (χ1v) is 13.4. The van der Waals surface area contributed by atoms with Crippen molar-refractivity contribution in [1.82, 2.24) is 0 Å². The Hall–Kier alpha value is -5.53. The minimum Gasteiger partial charge on any atom is -0.456 e. The Morgan fingerprint density at radius 3 is 2.17 bits per heavy atom. The van der Waals surface area contributed by atoms with Crippen LogP contribution < -0.4 is 10.2 Å². The molecule has 0 amide bonds. The van der Waals surface area contributed by atoms with E-state index in [9.17, 15) is 0 Å². The predicted octanol–water partition coefficient (Wildman–Crippen LogP) is 9.10. The number of allylic oxidation sites excluding steroid dienone is 2. The molecule has 0 spiro atoms. The van der Waals surface area contributed by atoms with Crippen molar-refractivity contribution in [3.63, 3.8) is 0 Å². The van der Waals surface area contributed by atoms with Gasteiger partial charge in [-0.05, 0) is 82.4 Å². The van der Waals surface area contributed by atoms with Crippen molar-refractivity contribution in [1.29, 1.82) is 5.26 Å². The van der Waals surface area contributed by atoms with Crippen molar-refractivity contribution in [2.45, 2.75) is 6.17 Å². The summed E-state index contributed by atoms with van der Waals surface area (Å²) in [5.41, 5.74) is 11.6. The monoisotopic (exact) mass is 513 g/mol. The second-order valence-electron chi connectivity index (χ2n) is 10.2. The van der Waals surface area contributed by atoms with E-state index in [4.69, 9.17) is 9.68 Å². The third kappa shape index (κ3) is 3.53. The van der Waals surface area contributed by atoms with Crippen LogP contribution in [0.15, 0.2) is 132 Å². The van der Waals surface area contributed by atoms with E-state index in [0.29, 0.717) is 5.56 Å². The van der Waals surface area contributed by atoms with Crippen LogP contribution in [-0.4, -0.2) is 6.17 Å².